The Labute approximate surface area is 177 Å². The van der Waals surface area contributed by atoms with Gasteiger partial charge in [-0.15, -0.1) is 0 Å². The fourth-order valence-electron chi connectivity index (χ4n) is 3.79. The van der Waals surface area contributed by atoms with Crippen LogP contribution in [0.15, 0.2) is 36.8 Å². The summed E-state index contributed by atoms with van der Waals surface area (Å²) in [6, 6.07) is 7.33. The molecule has 11 heteroatoms. The van der Waals surface area contributed by atoms with Gasteiger partial charge >= 0.3 is 6.09 Å². The van der Waals surface area contributed by atoms with E-state index in [-0.39, 0.29) is 17.8 Å². The van der Waals surface area contributed by atoms with E-state index in [0.29, 0.717) is 43.0 Å². The van der Waals surface area contributed by atoms with Crippen LogP contribution in [0.4, 0.5) is 20.7 Å². The van der Waals surface area contributed by atoms with Crippen molar-refractivity contribution >= 4 is 23.1 Å². The number of nitrogens with zero attached hydrogens (tertiary/aromatic N) is 5. The van der Waals surface area contributed by atoms with Crippen LogP contribution in [0.2, 0.25) is 0 Å². The molecule has 10 nitrogen and oxygen atoms in total. The number of nitrogens with two attached hydrogens (primary N) is 1. The summed E-state index contributed by atoms with van der Waals surface area (Å²) >= 11 is 0. The summed E-state index contributed by atoms with van der Waals surface area (Å²) in [6.45, 7) is 1.70. The van der Waals surface area contributed by atoms with Crippen LogP contribution in [-0.2, 0) is 6.54 Å². The third-order valence-electron chi connectivity index (χ3n) is 5.34. The van der Waals surface area contributed by atoms with Gasteiger partial charge in [0.05, 0.1) is 23.4 Å². The summed E-state index contributed by atoms with van der Waals surface area (Å²) in [4.78, 5) is 17.4. The van der Waals surface area contributed by atoms with E-state index in [1.54, 1.807) is 10.7 Å². The number of hydrogen-bond donors (Lipinski definition) is 4. The molecule has 1 aliphatic heterocycles. The van der Waals surface area contributed by atoms with E-state index < -0.39 is 11.9 Å². The minimum absolute atomic E-state index is 0.140. The molecule has 1 aromatic carbocycles. The molecular weight excluding hydrogens is 403 g/mol. The molecule has 3 aromatic rings. The lowest BCUT2D eigenvalue weighted by Crippen LogP contribution is -2.57. The number of halogens is 1. The van der Waals surface area contributed by atoms with Crippen molar-refractivity contribution in [1.29, 1.82) is 5.26 Å². The molecule has 1 fully saturated rings. The molecule has 0 aliphatic carbocycles. The molecule has 1 amide bonds. The third kappa shape index (κ3) is 4.40. The Morgan fingerprint density at radius 3 is 3.03 bits per heavy atom. The maximum Gasteiger partial charge on any atom is 0.404 e. The van der Waals surface area contributed by atoms with E-state index in [0.717, 1.165) is 5.56 Å². The summed E-state index contributed by atoms with van der Waals surface area (Å²) in [6.07, 6.45) is 2.70. The molecule has 31 heavy (non-hydrogen) atoms. The third-order valence-corrected chi connectivity index (χ3v) is 5.34. The van der Waals surface area contributed by atoms with Gasteiger partial charge in [0.1, 0.15) is 17.7 Å². The fourth-order valence-corrected chi connectivity index (χ4v) is 3.79. The number of likely N-dealkylation sites (tertiary alicyclic amines) is 1. The first-order chi connectivity index (χ1) is 14.9. The highest BCUT2D eigenvalue weighted by atomic mass is 19.1. The van der Waals surface area contributed by atoms with Gasteiger partial charge in [0.25, 0.3) is 0 Å². The SMILES string of the molecule is N#Cc1ccc(F)c(Nc2ncnn3ccc(CN4CC[C@@H](N)[C@H](NC(=O)O)C4)c23)c1. The number of benzene rings is 1. The number of carbonyl (C=O) groups is 1. The molecule has 0 saturated carbocycles. The highest BCUT2D eigenvalue weighted by molar-refractivity contribution is 5.77. The van der Waals surface area contributed by atoms with Crippen LogP contribution < -0.4 is 16.4 Å². The number of fused-ring (bicyclic) bond motifs is 1. The number of nitrogens with one attached hydrogen (secondary N) is 2. The molecule has 5 N–H and O–H groups in total. The Hall–Kier alpha value is -3.75. The van der Waals surface area contributed by atoms with Crippen LogP contribution in [-0.4, -0.2) is 55.9 Å². The number of hydrogen-bond acceptors (Lipinski definition) is 7. The second-order valence-corrected chi connectivity index (χ2v) is 7.42. The zero-order valence-corrected chi connectivity index (χ0v) is 16.5. The lowest BCUT2D eigenvalue weighted by atomic mass is 10.00. The second kappa shape index (κ2) is 8.55. The van der Waals surface area contributed by atoms with Crippen molar-refractivity contribution in [2.75, 3.05) is 18.4 Å². The van der Waals surface area contributed by atoms with Crippen molar-refractivity contribution < 1.29 is 14.3 Å². The Morgan fingerprint density at radius 2 is 2.26 bits per heavy atom. The molecule has 0 unspecified atom stereocenters. The summed E-state index contributed by atoms with van der Waals surface area (Å²) in [5.74, 6) is -0.102. The molecule has 2 atom stereocenters. The summed E-state index contributed by atoms with van der Waals surface area (Å²) in [7, 11) is 0. The molecule has 4 rings (SSSR count). The van der Waals surface area contributed by atoms with Crippen molar-refractivity contribution in [2.45, 2.75) is 25.0 Å². The van der Waals surface area contributed by atoms with Gasteiger partial charge in [-0.1, -0.05) is 0 Å². The van der Waals surface area contributed by atoms with E-state index in [1.807, 2.05) is 12.1 Å². The largest absolute Gasteiger partial charge is 0.465 e. The Kier molecular flexibility index (Phi) is 5.66. The zero-order valence-electron chi connectivity index (χ0n) is 16.5. The van der Waals surface area contributed by atoms with Crippen molar-refractivity contribution in [1.82, 2.24) is 24.8 Å². The number of carboxylic acid groups (broad SMARTS) is 1. The molecule has 0 radical (unpaired) electrons. The maximum atomic E-state index is 14.3. The van der Waals surface area contributed by atoms with E-state index in [9.17, 15) is 9.18 Å². The number of anilines is 2. The highest BCUT2D eigenvalue weighted by Crippen LogP contribution is 2.26. The molecule has 2 aromatic heterocycles. The van der Waals surface area contributed by atoms with Gasteiger partial charge in [-0.05, 0) is 36.2 Å². The van der Waals surface area contributed by atoms with Crippen LogP contribution in [0.1, 0.15) is 17.5 Å². The van der Waals surface area contributed by atoms with Gasteiger partial charge in [-0.3, -0.25) is 4.90 Å². The van der Waals surface area contributed by atoms with E-state index in [4.69, 9.17) is 16.1 Å². The minimum Gasteiger partial charge on any atom is -0.465 e. The van der Waals surface area contributed by atoms with Gasteiger partial charge in [0.2, 0.25) is 0 Å². The van der Waals surface area contributed by atoms with Crippen molar-refractivity contribution in [2.24, 2.45) is 5.73 Å². The van der Waals surface area contributed by atoms with Crippen LogP contribution in [0.25, 0.3) is 5.52 Å². The molecule has 0 bridgehead atoms. The predicted octanol–water partition coefficient (Wildman–Crippen LogP) is 1.65. The summed E-state index contributed by atoms with van der Waals surface area (Å²) < 4.78 is 15.9. The molecule has 1 aliphatic rings. The predicted molar refractivity (Wildman–Crippen MR) is 110 cm³/mol. The quantitative estimate of drug-likeness (QED) is 0.484. The standard InChI is InChI=1S/C20H21FN8O2/c21-14-2-1-12(8-22)7-16(14)26-19-18-13(3-6-29(18)25-11-24-19)9-28-5-4-15(23)17(10-28)27-20(30)31/h1-3,6-7,11,15,17,27H,4-5,9-10,23H2,(H,30,31)(H,24,25,26)/t15-,17-/m1/s1. The number of nitriles is 1. The number of aromatic nitrogens is 3. The fraction of sp³-hybridized carbons (Fsp3) is 0.300. The first kappa shape index (κ1) is 20.5. The highest BCUT2D eigenvalue weighted by Gasteiger charge is 2.28. The first-order valence-electron chi connectivity index (χ1n) is 9.70. The van der Waals surface area contributed by atoms with Gasteiger partial charge in [-0.2, -0.15) is 10.4 Å². The van der Waals surface area contributed by atoms with Crippen molar-refractivity contribution in [3.63, 3.8) is 0 Å². The lowest BCUT2D eigenvalue weighted by Gasteiger charge is -2.36. The van der Waals surface area contributed by atoms with Gasteiger partial charge < -0.3 is 21.5 Å². The monoisotopic (exact) mass is 424 g/mol. The second-order valence-electron chi connectivity index (χ2n) is 7.42. The maximum absolute atomic E-state index is 14.3. The number of rotatable bonds is 5. The lowest BCUT2D eigenvalue weighted by molar-refractivity contribution is 0.149. The number of amides is 1. The van der Waals surface area contributed by atoms with Gasteiger partial charge in [-0.25, -0.2) is 18.7 Å². The minimum atomic E-state index is -1.10. The zero-order chi connectivity index (χ0) is 22.0. The smallest absolute Gasteiger partial charge is 0.404 e. The molecule has 160 valence electrons. The summed E-state index contributed by atoms with van der Waals surface area (Å²) in [5, 5.41) is 27.8. The van der Waals surface area contributed by atoms with Gasteiger partial charge in [0, 0.05) is 31.9 Å². The molecule has 0 spiro atoms. The van der Waals surface area contributed by atoms with E-state index in [1.165, 1.54) is 24.5 Å². The topological polar surface area (TPSA) is 145 Å². The number of piperidine rings is 1. The Bertz CT molecular complexity index is 1160. The van der Waals surface area contributed by atoms with Crippen molar-refractivity contribution in [3.05, 3.63) is 53.7 Å². The van der Waals surface area contributed by atoms with Crippen LogP contribution in [0.5, 0.6) is 0 Å². The van der Waals surface area contributed by atoms with Crippen LogP contribution in [0.3, 0.4) is 0 Å². The normalized spacial score (nSPS) is 19.1. The van der Waals surface area contributed by atoms with E-state index >= 15 is 0 Å². The first-order valence-corrected chi connectivity index (χ1v) is 9.70. The Balaban J connectivity index is 1.60. The van der Waals surface area contributed by atoms with Crippen molar-refractivity contribution in [3.8, 4) is 6.07 Å². The van der Waals surface area contributed by atoms with Crippen LogP contribution in [0, 0.1) is 17.1 Å². The van der Waals surface area contributed by atoms with E-state index in [2.05, 4.69) is 25.6 Å². The average molecular weight is 424 g/mol. The summed E-state index contributed by atoms with van der Waals surface area (Å²) in [5.41, 5.74) is 8.08. The molecule has 1 saturated heterocycles. The average Bonchev–Trinajstić information content (AvgIpc) is 3.15. The molecule has 3 heterocycles. The molecular formula is C20H21FN8O2. The van der Waals surface area contributed by atoms with Crippen LogP contribution >= 0.6 is 0 Å². The Morgan fingerprint density at radius 1 is 1.42 bits per heavy atom. The van der Waals surface area contributed by atoms with Gasteiger partial charge in [0.15, 0.2) is 5.82 Å².